The van der Waals surface area contributed by atoms with E-state index in [1.54, 1.807) is 0 Å². The third-order valence-corrected chi connectivity index (χ3v) is 2.61. The van der Waals surface area contributed by atoms with Gasteiger partial charge >= 0.3 is 0 Å². The first kappa shape index (κ1) is 13.1. The summed E-state index contributed by atoms with van der Waals surface area (Å²) in [6.07, 6.45) is 8.03. The molecule has 2 aliphatic rings. The minimum atomic E-state index is 0. The van der Waals surface area contributed by atoms with Crippen molar-refractivity contribution in [3.8, 4) is 0 Å². The second-order valence-corrected chi connectivity index (χ2v) is 3.21. The molecular formula is C10H19OY-. The van der Waals surface area contributed by atoms with Crippen molar-refractivity contribution in [1.82, 2.24) is 0 Å². The second kappa shape index (κ2) is 5.72. The molecule has 2 heteroatoms. The molecule has 12 heavy (non-hydrogen) atoms. The van der Waals surface area contributed by atoms with E-state index in [-0.39, 0.29) is 32.7 Å². The molecule has 0 unspecified atom stereocenters. The zero-order valence-corrected chi connectivity index (χ0v) is 11.4. The molecule has 1 spiro atoms. The van der Waals surface area contributed by atoms with Crippen LogP contribution in [0.2, 0.25) is 0 Å². The molecular weight excluding hydrogens is 225 g/mol. The number of epoxide rings is 1. The molecule has 1 saturated heterocycles. The summed E-state index contributed by atoms with van der Waals surface area (Å²) in [5.41, 5.74) is 0.304. The number of rotatable bonds is 0. The zero-order valence-electron chi connectivity index (χ0n) is 8.52. The van der Waals surface area contributed by atoms with Crippen molar-refractivity contribution in [3.05, 3.63) is 6.10 Å². The quantitative estimate of drug-likeness (QED) is 0.470. The van der Waals surface area contributed by atoms with Crippen molar-refractivity contribution < 1.29 is 37.4 Å². The largest absolute Gasteiger partial charge is 0.564 e. The minimum absolute atomic E-state index is 0. The van der Waals surface area contributed by atoms with Crippen molar-refractivity contribution in [2.75, 3.05) is 0 Å². The van der Waals surface area contributed by atoms with E-state index >= 15 is 0 Å². The van der Waals surface area contributed by atoms with Crippen LogP contribution in [0.1, 0.15) is 52.9 Å². The van der Waals surface area contributed by atoms with Crippen molar-refractivity contribution in [3.63, 3.8) is 0 Å². The Morgan fingerprint density at radius 3 is 1.75 bits per heavy atom. The van der Waals surface area contributed by atoms with E-state index in [4.69, 9.17) is 4.74 Å². The van der Waals surface area contributed by atoms with Gasteiger partial charge in [-0.3, -0.25) is 0 Å². The third kappa shape index (κ3) is 2.78. The molecule has 1 aliphatic heterocycles. The Morgan fingerprint density at radius 2 is 1.50 bits per heavy atom. The summed E-state index contributed by atoms with van der Waals surface area (Å²) in [6, 6.07) is 0. The standard InChI is InChI=1S/C8H13O.C2H6.Y/c1-7-8(9-7)5-3-2-4-6-8;1-2;/h2-6H2,1H3;1-2H3;/q-1;;. The molecule has 0 aromatic heterocycles. The van der Waals surface area contributed by atoms with Gasteiger partial charge in [0.25, 0.3) is 0 Å². The van der Waals surface area contributed by atoms with Crippen LogP contribution in [-0.2, 0) is 37.4 Å². The first-order valence-corrected chi connectivity index (χ1v) is 4.87. The van der Waals surface area contributed by atoms with E-state index in [2.05, 4.69) is 6.92 Å². The van der Waals surface area contributed by atoms with Crippen LogP contribution in [0.5, 0.6) is 0 Å². The fourth-order valence-corrected chi connectivity index (χ4v) is 1.84. The second-order valence-electron chi connectivity index (χ2n) is 3.21. The Morgan fingerprint density at radius 1 is 1.08 bits per heavy atom. The van der Waals surface area contributed by atoms with Crippen molar-refractivity contribution in [2.45, 2.75) is 58.5 Å². The molecule has 1 saturated carbocycles. The molecule has 0 aromatic carbocycles. The summed E-state index contributed by atoms with van der Waals surface area (Å²) < 4.78 is 5.46. The Kier molecular flexibility index (Phi) is 6.23. The van der Waals surface area contributed by atoms with Crippen LogP contribution in [0, 0.1) is 6.10 Å². The summed E-state index contributed by atoms with van der Waals surface area (Å²) in [5, 5.41) is 0. The topological polar surface area (TPSA) is 12.5 Å². The predicted octanol–water partition coefficient (Wildman–Crippen LogP) is 3.30. The maximum absolute atomic E-state index is 5.46. The molecule has 0 bridgehead atoms. The van der Waals surface area contributed by atoms with E-state index in [1.807, 2.05) is 13.8 Å². The summed E-state index contributed by atoms with van der Waals surface area (Å²) in [7, 11) is 0. The Balaban J connectivity index is 0.000000378. The van der Waals surface area contributed by atoms with Gasteiger partial charge in [-0.1, -0.05) is 51.6 Å². The molecule has 0 aromatic rings. The van der Waals surface area contributed by atoms with Crippen LogP contribution < -0.4 is 0 Å². The van der Waals surface area contributed by atoms with Crippen molar-refractivity contribution in [1.29, 1.82) is 0 Å². The smallest absolute Gasteiger partial charge is 0 e. The van der Waals surface area contributed by atoms with Crippen LogP contribution in [-0.4, -0.2) is 5.60 Å². The monoisotopic (exact) mass is 244 g/mol. The Bertz CT molecular complexity index is 119. The summed E-state index contributed by atoms with van der Waals surface area (Å²) in [6.45, 7) is 6.12. The van der Waals surface area contributed by atoms with Gasteiger partial charge in [0.05, 0.1) is 0 Å². The maximum atomic E-state index is 5.46. The zero-order chi connectivity index (χ0) is 8.32. The van der Waals surface area contributed by atoms with Gasteiger partial charge in [-0.15, -0.1) is 0 Å². The van der Waals surface area contributed by atoms with E-state index in [0.717, 1.165) is 0 Å². The third-order valence-electron chi connectivity index (χ3n) is 2.61. The molecule has 69 valence electrons. The molecule has 0 amide bonds. The summed E-state index contributed by atoms with van der Waals surface area (Å²) in [4.78, 5) is 0. The number of hydrogen-bond donors (Lipinski definition) is 0. The van der Waals surface area contributed by atoms with Crippen molar-refractivity contribution >= 4 is 0 Å². The Hall–Kier alpha value is 1.06. The molecule has 1 heterocycles. The summed E-state index contributed by atoms with van der Waals surface area (Å²) >= 11 is 0. The van der Waals surface area contributed by atoms with Gasteiger partial charge in [0.2, 0.25) is 0 Å². The fourth-order valence-electron chi connectivity index (χ4n) is 1.84. The Labute approximate surface area is 102 Å². The molecule has 2 rings (SSSR count). The van der Waals surface area contributed by atoms with E-state index in [9.17, 15) is 0 Å². The number of hydrogen-bond acceptors (Lipinski definition) is 1. The van der Waals surface area contributed by atoms with E-state index in [0.29, 0.717) is 5.60 Å². The van der Waals surface area contributed by atoms with Crippen LogP contribution in [0.4, 0.5) is 0 Å². The van der Waals surface area contributed by atoms with Gasteiger partial charge in [0.1, 0.15) is 0 Å². The van der Waals surface area contributed by atoms with Crippen LogP contribution >= 0.6 is 0 Å². The van der Waals surface area contributed by atoms with Crippen molar-refractivity contribution in [2.24, 2.45) is 0 Å². The molecule has 1 radical (unpaired) electrons. The van der Waals surface area contributed by atoms with Crippen LogP contribution in [0.3, 0.4) is 0 Å². The molecule has 2 fully saturated rings. The fraction of sp³-hybridized carbons (Fsp3) is 0.900. The molecule has 1 nitrogen and oxygen atoms in total. The molecule has 1 aliphatic carbocycles. The van der Waals surface area contributed by atoms with Gasteiger partial charge in [0, 0.05) is 32.7 Å². The maximum Gasteiger partial charge on any atom is 0 e. The first-order chi connectivity index (χ1) is 5.33. The van der Waals surface area contributed by atoms with E-state index < -0.39 is 0 Å². The minimum Gasteiger partial charge on any atom is -0.564 e. The van der Waals surface area contributed by atoms with Crippen LogP contribution in [0.15, 0.2) is 0 Å². The number of ether oxygens (including phenoxy) is 1. The molecule has 0 N–H and O–H groups in total. The normalized spacial score (nSPS) is 25.2. The first-order valence-electron chi connectivity index (χ1n) is 4.87. The van der Waals surface area contributed by atoms with Gasteiger partial charge in [-0.05, 0) is 0 Å². The SMILES string of the molecule is CC.C[C-]1OC12CCCCC2.[Y]. The van der Waals surface area contributed by atoms with Gasteiger partial charge in [-0.2, -0.15) is 13.0 Å². The predicted molar refractivity (Wildman–Crippen MR) is 47.2 cm³/mol. The average Bonchev–Trinajstić information content (AvgIpc) is 2.67. The van der Waals surface area contributed by atoms with Crippen LogP contribution in [0.25, 0.3) is 0 Å². The van der Waals surface area contributed by atoms with Gasteiger partial charge in [-0.25, -0.2) is 0 Å². The van der Waals surface area contributed by atoms with E-state index in [1.165, 1.54) is 38.2 Å². The summed E-state index contributed by atoms with van der Waals surface area (Å²) in [5.74, 6) is 0. The van der Waals surface area contributed by atoms with Gasteiger partial charge < -0.3 is 4.74 Å². The average molecular weight is 244 g/mol. The van der Waals surface area contributed by atoms with Gasteiger partial charge in [0.15, 0.2) is 0 Å². The molecule has 0 atom stereocenters.